The minimum atomic E-state index is -4.70. The van der Waals surface area contributed by atoms with Crippen molar-refractivity contribution in [2.75, 3.05) is 0 Å². The number of Topliss-reactive ketones (excluding diaryl/α,β-unsaturated/α-hetero) is 1. The Balaban J connectivity index is 1.83. The molecule has 0 unspecified atom stereocenters. The first kappa shape index (κ1) is 17.2. The Kier molecular flexibility index (Phi) is 3.25. The standard InChI is InChI=1S/C20H14O7S/c1-20-6-5-15(21)13-9-26-19(17(13)20)18(22)12-7-10-3-2-4-16(27-28(23,24)25)11(10)8-14(12)20/h2-4,7-9H,5-6H2,1H3,(H,23,24,25)/t20-/m0/s1. The van der Waals surface area contributed by atoms with Crippen LogP contribution >= 0.6 is 0 Å². The van der Waals surface area contributed by atoms with E-state index in [-0.39, 0.29) is 23.1 Å². The van der Waals surface area contributed by atoms with Gasteiger partial charge in [0.25, 0.3) is 0 Å². The van der Waals surface area contributed by atoms with Crippen molar-refractivity contribution in [3.05, 3.63) is 64.6 Å². The molecule has 0 bridgehead atoms. The van der Waals surface area contributed by atoms with E-state index in [0.717, 1.165) is 0 Å². The normalized spacial score (nSPS) is 20.8. The SMILES string of the molecule is C[C@@]12CCC(=O)c3coc(c31)C(=O)c1cc3cccc(OS(=O)(=O)O)c3cc12. The predicted molar refractivity (Wildman–Crippen MR) is 98.3 cm³/mol. The van der Waals surface area contributed by atoms with Gasteiger partial charge in [-0.05, 0) is 35.6 Å². The summed E-state index contributed by atoms with van der Waals surface area (Å²) in [5.74, 6) is -0.229. The minimum absolute atomic E-state index is 0.0380. The van der Waals surface area contributed by atoms with E-state index in [2.05, 4.69) is 0 Å². The molecule has 0 saturated carbocycles. The molecular formula is C20H14O7S. The van der Waals surface area contributed by atoms with Crippen LogP contribution in [-0.4, -0.2) is 24.5 Å². The van der Waals surface area contributed by atoms with Gasteiger partial charge in [-0.3, -0.25) is 14.1 Å². The Morgan fingerprint density at radius 3 is 2.71 bits per heavy atom. The summed E-state index contributed by atoms with van der Waals surface area (Å²) in [4.78, 5) is 25.3. The first-order valence-electron chi connectivity index (χ1n) is 8.63. The zero-order valence-electron chi connectivity index (χ0n) is 14.7. The van der Waals surface area contributed by atoms with Crippen molar-refractivity contribution in [3.63, 3.8) is 0 Å². The molecule has 3 aromatic rings. The highest BCUT2D eigenvalue weighted by molar-refractivity contribution is 7.81. The van der Waals surface area contributed by atoms with Gasteiger partial charge < -0.3 is 8.60 Å². The van der Waals surface area contributed by atoms with E-state index in [9.17, 15) is 18.0 Å². The van der Waals surface area contributed by atoms with Gasteiger partial charge in [-0.1, -0.05) is 19.1 Å². The predicted octanol–water partition coefficient (Wildman–Crippen LogP) is 3.44. The van der Waals surface area contributed by atoms with Gasteiger partial charge in [-0.15, -0.1) is 0 Å². The summed E-state index contributed by atoms with van der Waals surface area (Å²) in [6.45, 7) is 1.95. The van der Waals surface area contributed by atoms with Crippen LogP contribution in [0.2, 0.25) is 0 Å². The second kappa shape index (κ2) is 5.30. The smallest absolute Gasteiger partial charge is 0.446 e. The highest BCUT2D eigenvalue weighted by atomic mass is 32.3. The highest BCUT2D eigenvalue weighted by Gasteiger charge is 2.48. The van der Waals surface area contributed by atoms with Crippen LogP contribution in [0.1, 0.15) is 57.4 Å². The molecule has 7 nitrogen and oxygen atoms in total. The Morgan fingerprint density at radius 2 is 1.96 bits per heavy atom. The minimum Gasteiger partial charge on any atom is -0.460 e. The van der Waals surface area contributed by atoms with Crippen molar-refractivity contribution in [1.82, 2.24) is 0 Å². The zero-order chi connectivity index (χ0) is 19.8. The van der Waals surface area contributed by atoms with Crippen LogP contribution in [0.5, 0.6) is 5.75 Å². The molecule has 0 spiro atoms. The summed E-state index contributed by atoms with van der Waals surface area (Å²) in [6.07, 6.45) is 2.16. The van der Waals surface area contributed by atoms with Crippen molar-refractivity contribution in [2.45, 2.75) is 25.2 Å². The molecule has 5 rings (SSSR count). The van der Waals surface area contributed by atoms with E-state index < -0.39 is 15.8 Å². The van der Waals surface area contributed by atoms with Crippen molar-refractivity contribution in [2.24, 2.45) is 0 Å². The maximum Gasteiger partial charge on any atom is 0.446 e. The van der Waals surface area contributed by atoms with Crippen LogP contribution < -0.4 is 4.18 Å². The number of furan rings is 1. The molecule has 1 heterocycles. The molecule has 8 heteroatoms. The number of hydrogen-bond donors (Lipinski definition) is 1. The van der Waals surface area contributed by atoms with E-state index in [0.29, 0.717) is 45.9 Å². The monoisotopic (exact) mass is 398 g/mol. The molecule has 0 amide bonds. The third-order valence-electron chi connectivity index (χ3n) is 5.71. The fourth-order valence-electron chi connectivity index (χ4n) is 4.42. The van der Waals surface area contributed by atoms with Crippen molar-refractivity contribution < 1.29 is 31.2 Å². The summed E-state index contributed by atoms with van der Waals surface area (Å²) in [5.41, 5.74) is 1.51. The Hall–Kier alpha value is -2.97. The van der Waals surface area contributed by atoms with E-state index in [4.69, 9.17) is 13.2 Å². The van der Waals surface area contributed by atoms with Gasteiger partial charge in [-0.2, -0.15) is 8.42 Å². The number of benzene rings is 2. The summed E-state index contributed by atoms with van der Waals surface area (Å²) in [5, 5.41) is 1.03. The lowest BCUT2D eigenvalue weighted by molar-refractivity contribution is 0.0958. The van der Waals surface area contributed by atoms with Crippen LogP contribution in [0.25, 0.3) is 10.8 Å². The van der Waals surface area contributed by atoms with Gasteiger partial charge in [0, 0.05) is 28.3 Å². The number of carbonyl (C=O) groups excluding carboxylic acids is 2. The highest BCUT2D eigenvalue weighted by Crippen LogP contribution is 2.50. The fraction of sp³-hybridized carbons (Fsp3) is 0.200. The van der Waals surface area contributed by atoms with Crippen LogP contribution in [0.15, 0.2) is 41.0 Å². The molecule has 0 aliphatic heterocycles. The van der Waals surface area contributed by atoms with E-state index in [1.807, 2.05) is 6.92 Å². The van der Waals surface area contributed by atoms with Crippen LogP contribution in [0.4, 0.5) is 0 Å². The fourth-order valence-corrected chi connectivity index (χ4v) is 4.79. The molecule has 1 aromatic heterocycles. The summed E-state index contributed by atoms with van der Waals surface area (Å²) >= 11 is 0. The number of hydrogen-bond acceptors (Lipinski definition) is 6. The van der Waals surface area contributed by atoms with Gasteiger partial charge in [0.05, 0.1) is 5.56 Å². The van der Waals surface area contributed by atoms with Crippen molar-refractivity contribution in [3.8, 4) is 5.75 Å². The second-order valence-corrected chi connectivity index (χ2v) is 8.35. The number of fused-ring (bicyclic) bond motifs is 3. The Labute approximate surface area is 159 Å². The van der Waals surface area contributed by atoms with Crippen molar-refractivity contribution in [1.29, 1.82) is 0 Å². The Morgan fingerprint density at radius 1 is 1.18 bits per heavy atom. The van der Waals surface area contributed by atoms with Gasteiger partial charge in [0.2, 0.25) is 5.78 Å². The van der Waals surface area contributed by atoms with Crippen molar-refractivity contribution >= 4 is 32.7 Å². The van der Waals surface area contributed by atoms with E-state index >= 15 is 0 Å². The van der Waals surface area contributed by atoms with Gasteiger partial charge in [-0.25, -0.2) is 0 Å². The number of rotatable bonds is 2. The molecule has 1 N–H and O–H groups in total. The average molecular weight is 398 g/mol. The third kappa shape index (κ3) is 2.22. The van der Waals surface area contributed by atoms with Crippen LogP contribution in [-0.2, 0) is 15.8 Å². The maximum absolute atomic E-state index is 13.0. The molecule has 0 radical (unpaired) electrons. The van der Waals surface area contributed by atoms with Crippen LogP contribution in [0.3, 0.4) is 0 Å². The molecular weight excluding hydrogens is 384 g/mol. The number of ketones is 2. The lowest BCUT2D eigenvalue weighted by atomic mass is 9.62. The largest absolute Gasteiger partial charge is 0.460 e. The molecule has 28 heavy (non-hydrogen) atoms. The van der Waals surface area contributed by atoms with Gasteiger partial charge in [0.15, 0.2) is 17.3 Å². The quantitative estimate of drug-likeness (QED) is 0.658. The van der Waals surface area contributed by atoms with E-state index in [1.165, 1.54) is 12.3 Å². The van der Waals surface area contributed by atoms with Gasteiger partial charge >= 0.3 is 10.4 Å². The zero-order valence-corrected chi connectivity index (χ0v) is 15.5. The molecule has 2 aliphatic carbocycles. The Bertz CT molecular complexity index is 1320. The molecule has 1 atom stereocenters. The molecule has 2 aromatic carbocycles. The summed E-state index contributed by atoms with van der Waals surface area (Å²) in [6, 6.07) is 8.08. The molecule has 142 valence electrons. The molecule has 0 saturated heterocycles. The molecule has 2 aliphatic rings. The molecule has 0 fully saturated rings. The summed E-state index contributed by atoms with van der Waals surface area (Å²) < 4.78 is 41.7. The lowest BCUT2D eigenvalue weighted by Gasteiger charge is -2.38. The van der Waals surface area contributed by atoms with Crippen LogP contribution in [0, 0.1) is 0 Å². The van der Waals surface area contributed by atoms with E-state index in [1.54, 1.807) is 24.3 Å². The average Bonchev–Trinajstić information content (AvgIpc) is 3.09. The topological polar surface area (TPSA) is 111 Å². The maximum atomic E-state index is 13.0. The summed E-state index contributed by atoms with van der Waals surface area (Å²) in [7, 11) is -4.70. The first-order chi connectivity index (χ1) is 13.2. The van der Waals surface area contributed by atoms with Gasteiger partial charge in [0.1, 0.15) is 6.26 Å². The third-order valence-corrected chi connectivity index (χ3v) is 6.10. The first-order valence-corrected chi connectivity index (χ1v) is 9.99. The second-order valence-electron chi connectivity index (χ2n) is 7.32. The lowest BCUT2D eigenvalue weighted by Crippen LogP contribution is -2.37. The number of carbonyl (C=O) groups is 2.